The van der Waals surface area contributed by atoms with Gasteiger partial charge >= 0.3 is 25.8 Å². The van der Waals surface area contributed by atoms with Gasteiger partial charge in [0.2, 0.25) is 0 Å². The smallest absolute Gasteiger partial charge is 0.671 e. The van der Waals surface area contributed by atoms with Crippen molar-refractivity contribution >= 4 is 16.5 Å². The van der Waals surface area contributed by atoms with Gasteiger partial charge in [-0.1, -0.05) is 166 Å². The van der Waals surface area contributed by atoms with E-state index in [9.17, 15) is 0 Å². The van der Waals surface area contributed by atoms with Crippen LogP contribution in [0.1, 0.15) is 68.1 Å². The fraction of sp³-hybridized carbons (Fsp3) is 0.273. The number of fused-ring (bicyclic) bond motifs is 1. The van der Waals surface area contributed by atoms with Crippen molar-refractivity contribution in [2.45, 2.75) is 45.6 Å². The molecule has 5 nitrogen and oxygen atoms in total. The third-order valence-corrected chi connectivity index (χ3v) is 8.18. The van der Waals surface area contributed by atoms with Crippen molar-refractivity contribution in [2.24, 2.45) is 7.05 Å². The van der Waals surface area contributed by atoms with Gasteiger partial charge in [-0.15, -0.1) is 5.69 Å². The zero-order valence-electron chi connectivity index (χ0n) is 31.5. The molecule has 0 aliphatic heterocycles. The fourth-order valence-corrected chi connectivity index (χ4v) is 6.01. The topological polar surface area (TPSA) is 60.1 Å². The molecule has 0 N–H and O–H groups in total. The maximum atomic E-state index is 5.62. The van der Waals surface area contributed by atoms with Crippen LogP contribution >= 0.6 is 0 Å². The first-order valence-corrected chi connectivity index (χ1v) is 16.7. The quantitative estimate of drug-likeness (QED) is 0.111. The summed E-state index contributed by atoms with van der Waals surface area (Å²) in [5, 5.41) is 15.0. The average molecular weight is 830 g/mol. The van der Waals surface area contributed by atoms with Gasteiger partial charge in [-0.25, -0.2) is 4.98 Å². The number of aromatic nitrogens is 2. The summed E-state index contributed by atoms with van der Waals surface area (Å²) in [6, 6.07) is 42.7. The van der Waals surface area contributed by atoms with E-state index in [0.717, 1.165) is 39.6 Å². The van der Waals surface area contributed by atoms with Crippen molar-refractivity contribution in [2.75, 3.05) is 28.2 Å². The molecule has 1 atom stereocenters. The number of para-hydroxylation sites is 1. The summed E-state index contributed by atoms with van der Waals surface area (Å²) in [4.78, 5) is 5.50. The summed E-state index contributed by atoms with van der Waals surface area (Å²) in [7, 11) is 9.14. The maximum absolute atomic E-state index is 5.62. The summed E-state index contributed by atoms with van der Waals surface area (Å²) in [5.74, 6) is 1.63. The molecular formula is C44H53HfN5. The normalized spacial score (nSPS) is 11.0. The average Bonchev–Trinajstić information content (AvgIpc) is 3.44. The molecule has 0 bridgehead atoms. The van der Waals surface area contributed by atoms with E-state index in [-0.39, 0.29) is 39.3 Å². The Kier molecular flexibility index (Phi) is 17.6. The molecule has 0 amide bonds. The molecule has 1 heterocycles. The van der Waals surface area contributed by atoms with Crippen molar-refractivity contribution in [3.8, 4) is 22.5 Å². The number of hydrogen-bond donors (Lipinski definition) is 0. The molecule has 6 rings (SSSR count). The molecule has 0 spiro atoms. The molecule has 0 fully saturated rings. The molecular weight excluding hydrogens is 777 g/mol. The Hall–Kier alpha value is -3.84. The van der Waals surface area contributed by atoms with E-state index in [1.165, 1.54) is 21.9 Å². The fourth-order valence-electron chi connectivity index (χ4n) is 6.01. The third kappa shape index (κ3) is 9.90. The molecule has 0 aliphatic carbocycles. The second-order valence-electron chi connectivity index (χ2n) is 12.6. The van der Waals surface area contributed by atoms with Crippen LogP contribution in [-0.4, -0.2) is 37.7 Å². The van der Waals surface area contributed by atoms with Crippen molar-refractivity contribution in [1.82, 2.24) is 9.55 Å². The summed E-state index contributed by atoms with van der Waals surface area (Å²) >= 11 is 0. The first kappa shape index (κ1) is 42.3. The van der Waals surface area contributed by atoms with Crippen LogP contribution in [0.5, 0.6) is 0 Å². The van der Waals surface area contributed by atoms with Crippen LogP contribution in [0.4, 0.5) is 5.69 Å². The Morgan fingerprint density at radius 3 is 1.64 bits per heavy atom. The molecule has 1 aromatic heterocycles. The van der Waals surface area contributed by atoms with Gasteiger partial charge in [-0.05, 0) is 28.7 Å². The van der Waals surface area contributed by atoms with Gasteiger partial charge in [0.1, 0.15) is 0 Å². The monoisotopic (exact) mass is 831 g/mol. The van der Waals surface area contributed by atoms with Crippen molar-refractivity contribution < 1.29 is 25.8 Å². The Morgan fingerprint density at radius 1 is 0.600 bits per heavy atom. The summed E-state index contributed by atoms with van der Waals surface area (Å²) in [6.45, 7) is 9.01. The number of nitrogens with zero attached hydrogens (tertiary/aromatic N) is 5. The van der Waals surface area contributed by atoms with Gasteiger partial charge in [-0.2, -0.15) is 28.2 Å². The molecule has 0 aliphatic rings. The summed E-state index contributed by atoms with van der Waals surface area (Å²) in [6.07, 6.45) is 0. The van der Waals surface area contributed by atoms with Crippen LogP contribution in [0.15, 0.2) is 121 Å². The zero-order chi connectivity index (χ0) is 34.6. The molecule has 0 saturated heterocycles. The van der Waals surface area contributed by atoms with Gasteiger partial charge in [-0.3, -0.25) is 0 Å². The van der Waals surface area contributed by atoms with Crippen LogP contribution in [0, 0.1) is 7.43 Å². The Bertz CT molecular complexity index is 1830. The maximum Gasteiger partial charge on any atom is 4.00 e. The van der Waals surface area contributed by atoms with Crippen LogP contribution in [0.25, 0.3) is 49.2 Å². The molecule has 6 heteroatoms. The number of rotatable bonds is 8. The SMILES string of the molecule is CC(C)c1cccc(C(C)C)c1[N-]C(c1ccccc1)c1nc(-c2cccc3ccccc23)c(-c2ccccc2)n1C.C[N-]C.C[N-]C.[CH3-].[Hf+4]. The minimum Gasteiger partial charge on any atom is -0.671 e. The second kappa shape index (κ2) is 20.7. The van der Waals surface area contributed by atoms with Crippen molar-refractivity contribution in [1.29, 1.82) is 0 Å². The Labute approximate surface area is 320 Å². The van der Waals surface area contributed by atoms with Crippen molar-refractivity contribution in [3.63, 3.8) is 0 Å². The number of benzene rings is 5. The van der Waals surface area contributed by atoms with E-state index in [1.54, 1.807) is 28.2 Å². The van der Waals surface area contributed by atoms with Crippen LogP contribution in [-0.2, 0) is 32.9 Å². The molecule has 0 radical (unpaired) electrons. The van der Waals surface area contributed by atoms with Crippen molar-refractivity contribution in [3.05, 3.63) is 167 Å². The second-order valence-corrected chi connectivity index (χ2v) is 12.6. The van der Waals surface area contributed by atoms with Gasteiger partial charge < -0.3 is 27.9 Å². The minimum absolute atomic E-state index is 0. The molecule has 1 unspecified atom stereocenters. The van der Waals surface area contributed by atoms with Crippen LogP contribution < -0.4 is 0 Å². The largest absolute Gasteiger partial charge is 4.00 e. The molecule has 5 aromatic carbocycles. The number of hydrogen-bond acceptors (Lipinski definition) is 1. The van der Waals surface area contributed by atoms with Gasteiger partial charge in [0.05, 0.1) is 17.2 Å². The predicted molar refractivity (Wildman–Crippen MR) is 214 cm³/mol. The first-order valence-electron chi connectivity index (χ1n) is 16.7. The van der Waals surface area contributed by atoms with Gasteiger partial charge in [0.15, 0.2) is 0 Å². The summed E-state index contributed by atoms with van der Waals surface area (Å²) in [5.41, 5.74) is 9.11. The van der Waals surface area contributed by atoms with E-state index < -0.39 is 0 Å². The van der Waals surface area contributed by atoms with Crippen LogP contribution in [0.2, 0.25) is 0 Å². The minimum atomic E-state index is -0.278. The number of imidazole rings is 1. The first-order chi connectivity index (χ1) is 23.3. The molecule has 258 valence electrons. The van der Waals surface area contributed by atoms with E-state index >= 15 is 0 Å². The van der Waals surface area contributed by atoms with Gasteiger partial charge in [0, 0.05) is 18.2 Å². The standard InChI is InChI=1S/C39H38N3.2C2H6N.CH3.Hf/c1-26(2)31-23-15-24-32(27(3)4)36(31)40-35(29-17-8-6-9-18-29)39-41-37(38(42(39)5)30-19-10-7-11-20-30)34-25-14-21-28-16-12-13-22-33(28)34;2*1-3-2;;/h6-27,35H,1-5H3;2*1-2H3;1H3;/q4*-1;+4. The molecule has 6 aromatic rings. The molecule has 0 saturated carbocycles. The van der Waals surface area contributed by atoms with E-state index in [2.05, 4.69) is 171 Å². The Balaban J connectivity index is 0.00000101. The van der Waals surface area contributed by atoms with E-state index in [4.69, 9.17) is 10.3 Å². The summed E-state index contributed by atoms with van der Waals surface area (Å²) < 4.78 is 2.26. The third-order valence-electron chi connectivity index (χ3n) is 8.18. The van der Waals surface area contributed by atoms with E-state index in [1.807, 2.05) is 0 Å². The Morgan fingerprint density at radius 2 is 1.08 bits per heavy atom. The zero-order valence-corrected chi connectivity index (χ0v) is 35.1. The van der Waals surface area contributed by atoms with Crippen LogP contribution in [0.3, 0.4) is 0 Å². The predicted octanol–water partition coefficient (Wildman–Crippen LogP) is 12.6. The van der Waals surface area contributed by atoms with Gasteiger partial charge in [0.25, 0.3) is 0 Å². The molecule has 50 heavy (non-hydrogen) atoms. The van der Waals surface area contributed by atoms with E-state index in [0.29, 0.717) is 11.8 Å².